The van der Waals surface area contributed by atoms with E-state index in [9.17, 15) is 14.4 Å². The van der Waals surface area contributed by atoms with Gasteiger partial charge in [0, 0.05) is 57.5 Å². The summed E-state index contributed by atoms with van der Waals surface area (Å²) < 4.78 is 0. The van der Waals surface area contributed by atoms with E-state index in [0.29, 0.717) is 10.5 Å². The SMILES string of the molecule is CN(C)c1ccc(/C=C2\SC(c3ccc(N(C)C)cc3)N(NC(=O)CNC(=O)c3ccncc3)C2=O)cc1. The number of carbonyl (C=O) groups is 3. The van der Waals surface area contributed by atoms with Crippen LogP contribution in [0.25, 0.3) is 6.08 Å². The lowest BCUT2D eigenvalue weighted by molar-refractivity contribution is -0.137. The van der Waals surface area contributed by atoms with Gasteiger partial charge in [0.2, 0.25) is 0 Å². The standard InChI is InChI=1S/C28H30N6O3S/c1-32(2)22-9-5-19(6-10-22)17-24-27(37)34(28(38-24)21-7-11-23(12-8-21)33(3)4)31-25(35)18-30-26(36)20-13-15-29-16-14-20/h5-17,28H,18H2,1-4H3,(H,30,36)(H,31,35)/b24-17-. The molecule has 3 amide bonds. The van der Waals surface area contributed by atoms with Crippen molar-refractivity contribution in [3.63, 3.8) is 0 Å². The van der Waals surface area contributed by atoms with Gasteiger partial charge in [0.1, 0.15) is 5.37 Å². The van der Waals surface area contributed by atoms with Crippen molar-refractivity contribution in [2.45, 2.75) is 5.37 Å². The fourth-order valence-electron chi connectivity index (χ4n) is 3.77. The molecule has 0 bridgehead atoms. The van der Waals surface area contributed by atoms with Crippen molar-refractivity contribution in [1.82, 2.24) is 20.7 Å². The zero-order valence-electron chi connectivity index (χ0n) is 21.7. The number of rotatable bonds is 8. The van der Waals surface area contributed by atoms with E-state index in [4.69, 9.17) is 0 Å². The number of thioether (sulfide) groups is 1. The summed E-state index contributed by atoms with van der Waals surface area (Å²) in [6, 6.07) is 18.8. The van der Waals surface area contributed by atoms with Gasteiger partial charge in [0.25, 0.3) is 17.7 Å². The molecule has 1 atom stereocenters. The van der Waals surface area contributed by atoms with Crippen LogP contribution in [0, 0.1) is 0 Å². The predicted octanol–water partition coefficient (Wildman–Crippen LogP) is 3.29. The van der Waals surface area contributed by atoms with Crippen molar-refractivity contribution >= 4 is 46.9 Å². The van der Waals surface area contributed by atoms with Gasteiger partial charge in [-0.3, -0.25) is 24.8 Å². The van der Waals surface area contributed by atoms with E-state index in [1.807, 2.05) is 92.6 Å². The quantitative estimate of drug-likeness (QED) is 0.432. The number of amides is 3. The molecule has 1 unspecified atom stereocenters. The Labute approximate surface area is 226 Å². The van der Waals surface area contributed by atoms with Crippen LogP contribution in [0.5, 0.6) is 0 Å². The smallest absolute Gasteiger partial charge is 0.280 e. The Morgan fingerprint density at radius 3 is 2.08 bits per heavy atom. The van der Waals surface area contributed by atoms with Crippen molar-refractivity contribution in [2.75, 3.05) is 44.5 Å². The molecule has 0 spiro atoms. The van der Waals surface area contributed by atoms with E-state index in [1.54, 1.807) is 12.1 Å². The lowest BCUT2D eigenvalue weighted by Crippen LogP contribution is -2.48. The minimum absolute atomic E-state index is 0.285. The molecule has 9 nitrogen and oxygen atoms in total. The van der Waals surface area contributed by atoms with Crippen LogP contribution in [0.2, 0.25) is 0 Å². The van der Waals surface area contributed by atoms with Crippen molar-refractivity contribution in [1.29, 1.82) is 0 Å². The maximum atomic E-state index is 13.5. The fraction of sp³-hybridized carbons (Fsp3) is 0.214. The lowest BCUT2D eigenvalue weighted by Gasteiger charge is -2.24. The van der Waals surface area contributed by atoms with Gasteiger partial charge in [-0.1, -0.05) is 36.0 Å². The number of hydrogen-bond donors (Lipinski definition) is 2. The van der Waals surface area contributed by atoms with Crippen LogP contribution in [0.15, 0.2) is 78.0 Å². The number of benzene rings is 2. The molecule has 196 valence electrons. The van der Waals surface area contributed by atoms with E-state index in [-0.39, 0.29) is 12.5 Å². The number of nitrogens with zero attached hydrogens (tertiary/aromatic N) is 4. The third kappa shape index (κ3) is 6.33. The average molecular weight is 531 g/mol. The maximum absolute atomic E-state index is 13.5. The van der Waals surface area contributed by atoms with E-state index >= 15 is 0 Å². The Hall–Kier alpha value is -4.31. The first-order chi connectivity index (χ1) is 18.2. The van der Waals surface area contributed by atoms with Crippen LogP contribution in [-0.2, 0) is 9.59 Å². The number of carbonyl (C=O) groups excluding carboxylic acids is 3. The molecule has 38 heavy (non-hydrogen) atoms. The van der Waals surface area contributed by atoms with Gasteiger partial charge < -0.3 is 15.1 Å². The summed E-state index contributed by atoms with van der Waals surface area (Å²) >= 11 is 1.37. The topological polar surface area (TPSA) is 97.9 Å². The summed E-state index contributed by atoms with van der Waals surface area (Å²) in [4.78, 5) is 47.0. The van der Waals surface area contributed by atoms with Crippen LogP contribution in [0.1, 0.15) is 26.9 Å². The summed E-state index contributed by atoms with van der Waals surface area (Å²) in [6.45, 7) is -0.285. The van der Waals surface area contributed by atoms with Crippen molar-refractivity contribution in [2.24, 2.45) is 0 Å². The molecule has 1 aromatic heterocycles. The zero-order valence-corrected chi connectivity index (χ0v) is 22.5. The average Bonchev–Trinajstić information content (AvgIpc) is 3.22. The Balaban J connectivity index is 1.54. The summed E-state index contributed by atoms with van der Waals surface area (Å²) in [6.07, 6.45) is 4.83. The Kier molecular flexibility index (Phi) is 8.32. The zero-order chi connectivity index (χ0) is 27.2. The van der Waals surface area contributed by atoms with E-state index in [0.717, 1.165) is 22.5 Å². The van der Waals surface area contributed by atoms with Crippen LogP contribution < -0.4 is 20.5 Å². The van der Waals surface area contributed by atoms with Crippen molar-refractivity contribution < 1.29 is 14.4 Å². The molecule has 2 aromatic carbocycles. The first-order valence-electron chi connectivity index (χ1n) is 12.0. The second-order valence-corrected chi connectivity index (χ2v) is 10.2. The second kappa shape index (κ2) is 11.8. The Bertz CT molecular complexity index is 1320. The highest BCUT2D eigenvalue weighted by Gasteiger charge is 2.38. The van der Waals surface area contributed by atoms with Crippen molar-refractivity contribution in [3.8, 4) is 0 Å². The lowest BCUT2D eigenvalue weighted by atomic mass is 10.1. The molecule has 0 saturated carbocycles. The molecule has 2 heterocycles. The largest absolute Gasteiger partial charge is 0.378 e. The number of pyridine rings is 1. The highest BCUT2D eigenvalue weighted by Crippen LogP contribution is 2.45. The molecule has 1 fully saturated rings. The molecule has 4 rings (SSSR count). The first kappa shape index (κ1) is 26.7. The minimum atomic E-state index is -0.507. The first-order valence-corrected chi connectivity index (χ1v) is 12.8. The Morgan fingerprint density at radius 2 is 1.50 bits per heavy atom. The van der Waals surface area contributed by atoms with Crippen LogP contribution in [0.4, 0.5) is 11.4 Å². The summed E-state index contributed by atoms with van der Waals surface area (Å²) in [7, 11) is 7.85. The minimum Gasteiger partial charge on any atom is -0.378 e. The molecule has 10 heteroatoms. The molecule has 0 radical (unpaired) electrons. The molecule has 1 saturated heterocycles. The van der Waals surface area contributed by atoms with Crippen LogP contribution in [-0.4, -0.2) is 62.4 Å². The maximum Gasteiger partial charge on any atom is 0.280 e. The third-order valence-electron chi connectivity index (χ3n) is 5.90. The summed E-state index contributed by atoms with van der Waals surface area (Å²) in [5.74, 6) is -1.22. The van der Waals surface area contributed by atoms with E-state index < -0.39 is 17.2 Å². The number of aromatic nitrogens is 1. The van der Waals surface area contributed by atoms with Gasteiger partial charge in [-0.2, -0.15) is 0 Å². The van der Waals surface area contributed by atoms with Gasteiger partial charge in [-0.15, -0.1) is 0 Å². The van der Waals surface area contributed by atoms with E-state index in [2.05, 4.69) is 15.7 Å². The van der Waals surface area contributed by atoms with Gasteiger partial charge >= 0.3 is 0 Å². The number of hydrazine groups is 1. The normalized spacial score (nSPS) is 15.9. The summed E-state index contributed by atoms with van der Waals surface area (Å²) in [5.41, 5.74) is 6.91. The van der Waals surface area contributed by atoms with E-state index in [1.165, 1.54) is 29.2 Å². The third-order valence-corrected chi connectivity index (χ3v) is 7.15. The summed E-state index contributed by atoms with van der Waals surface area (Å²) in [5, 5.41) is 3.44. The molecule has 1 aliphatic heterocycles. The van der Waals surface area contributed by atoms with Crippen LogP contribution in [0.3, 0.4) is 0 Å². The highest BCUT2D eigenvalue weighted by molar-refractivity contribution is 8.04. The molecule has 0 aliphatic carbocycles. The molecule has 3 aromatic rings. The molecular weight excluding hydrogens is 500 g/mol. The van der Waals surface area contributed by atoms with Gasteiger partial charge in [0.05, 0.1) is 11.4 Å². The van der Waals surface area contributed by atoms with Gasteiger partial charge in [-0.05, 0) is 53.6 Å². The van der Waals surface area contributed by atoms with Gasteiger partial charge in [0.15, 0.2) is 0 Å². The molecule has 2 N–H and O–H groups in total. The number of hydrogen-bond acceptors (Lipinski definition) is 7. The van der Waals surface area contributed by atoms with Crippen LogP contribution >= 0.6 is 11.8 Å². The Morgan fingerprint density at radius 1 is 0.921 bits per heavy atom. The number of anilines is 2. The molecular formula is C28H30N6O3S. The number of nitrogens with one attached hydrogen (secondary N) is 2. The van der Waals surface area contributed by atoms with Gasteiger partial charge in [-0.25, -0.2) is 5.01 Å². The fourth-order valence-corrected chi connectivity index (χ4v) is 4.96. The second-order valence-electron chi connectivity index (χ2n) is 9.08. The highest BCUT2D eigenvalue weighted by atomic mass is 32.2. The van der Waals surface area contributed by atoms with Crippen molar-refractivity contribution in [3.05, 3.63) is 94.7 Å². The monoisotopic (exact) mass is 530 g/mol. The molecule has 1 aliphatic rings. The predicted molar refractivity (Wildman–Crippen MR) is 151 cm³/mol.